The van der Waals surface area contributed by atoms with Crippen LogP contribution in [0.5, 0.6) is 11.5 Å². The predicted octanol–water partition coefficient (Wildman–Crippen LogP) is 3.78. The third kappa shape index (κ3) is 4.75. The smallest absolute Gasteiger partial charge is 0.340 e. The molecular weight excluding hydrogens is 496 g/mol. The minimum atomic E-state index is -1.18. The van der Waals surface area contributed by atoms with Crippen LogP contribution >= 0.6 is 0 Å². The summed E-state index contributed by atoms with van der Waals surface area (Å²) in [7, 11) is 1.75. The van der Waals surface area contributed by atoms with E-state index in [0.717, 1.165) is 11.3 Å². The standard InChI is InChI=1S/C30H32N4O5/c1-17(19(3)35)33-16-34-21-10-12-25-28(14-21)38-27-13-20(32-15-26(36)18(2)31-4)9-11-24(27)30(25)23-8-6-5-7-22(23)29(37)39-30/h5-14,17-18,31-34H,15-16H2,1-4H3. The number of fused-ring (bicyclic) bond motifs is 6. The first-order chi connectivity index (χ1) is 18.7. The molecule has 3 atom stereocenters. The van der Waals surface area contributed by atoms with Gasteiger partial charge in [0.15, 0.2) is 11.4 Å². The first-order valence-corrected chi connectivity index (χ1v) is 13.0. The SMILES string of the molecule is CNC(C)C(=O)CNc1ccc2c(c1)Oc1cc(NCNC(C)C(C)=O)ccc1C21OC(=O)c2ccccc21. The first-order valence-electron chi connectivity index (χ1n) is 13.0. The number of benzene rings is 3. The maximum absolute atomic E-state index is 13.1. The highest BCUT2D eigenvalue weighted by atomic mass is 16.6. The molecule has 0 saturated carbocycles. The Morgan fingerprint density at radius 2 is 1.51 bits per heavy atom. The van der Waals surface area contributed by atoms with Crippen LogP contribution < -0.4 is 26.0 Å². The van der Waals surface area contributed by atoms with Gasteiger partial charge in [-0.1, -0.05) is 18.2 Å². The average Bonchev–Trinajstić information content (AvgIpc) is 3.23. The lowest BCUT2D eigenvalue weighted by Gasteiger charge is -2.37. The zero-order chi connectivity index (χ0) is 27.7. The zero-order valence-electron chi connectivity index (χ0n) is 22.4. The van der Waals surface area contributed by atoms with Gasteiger partial charge in [0.25, 0.3) is 0 Å². The first kappa shape index (κ1) is 26.4. The molecule has 0 bridgehead atoms. The number of carbonyl (C=O) groups is 3. The lowest BCUT2D eigenvalue weighted by molar-refractivity contribution is -0.119. The van der Waals surface area contributed by atoms with Crippen LogP contribution in [0.1, 0.15) is 47.8 Å². The van der Waals surface area contributed by atoms with Crippen molar-refractivity contribution in [2.75, 3.05) is 30.9 Å². The molecule has 9 nitrogen and oxygen atoms in total. The van der Waals surface area contributed by atoms with Crippen molar-refractivity contribution < 1.29 is 23.9 Å². The third-order valence-corrected chi connectivity index (χ3v) is 7.41. The van der Waals surface area contributed by atoms with Gasteiger partial charge >= 0.3 is 5.97 Å². The maximum Gasteiger partial charge on any atom is 0.340 e. The Morgan fingerprint density at radius 1 is 0.872 bits per heavy atom. The number of esters is 1. The zero-order valence-corrected chi connectivity index (χ0v) is 22.4. The highest BCUT2D eigenvalue weighted by molar-refractivity contribution is 5.97. The second-order valence-electron chi connectivity index (χ2n) is 9.86. The molecule has 2 aliphatic rings. The largest absolute Gasteiger partial charge is 0.456 e. The summed E-state index contributed by atoms with van der Waals surface area (Å²) < 4.78 is 12.6. The van der Waals surface area contributed by atoms with Crippen molar-refractivity contribution in [2.24, 2.45) is 0 Å². The van der Waals surface area contributed by atoms with E-state index < -0.39 is 11.6 Å². The molecule has 2 heterocycles. The lowest BCUT2D eigenvalue weighted by atomic mass is 9.77. The number of Topliss-reactive ketones (excluding diaryl/α,β-unsaturated/α-hetero) is 2. The van der Waals surface area contributed by atoms with Gasteiger partial charge in [-0.25, -0.2) is 4.79 Å². The second-order valence-corrected chi connectivity index (χ2v) is 9.86. The molecule has 3 unspecified atom stereocenters. The van der Waals surface area contributed by atoms with Crippen LogP contribution in [0.25, 0.3) is 0 Å². The number of ether oxygens (including phenoxy) is 2. The molecule has 3 aromatic carbocycles. The maximum atomic E-state index is 13.1. The Hall–Kier alpha value is -4.21. The van der Waals surface area contributed by atoms with Crippen molar-refractivity contribution in [2.45, 2.75) is 38.5 Å². The van der Waals surface area contributed by atoms with Gasteiger partial charge in [-0.15, -0.1) is 0 Å². The Balaban J connectivity index is 1.52. The van der Waals surface area contributed by atoms with Gasteiger partial charge in [0.2, 0.25) is 0 Å². The van der Waals surface area contributed by atoms with Gasteiger partial charge in [-0.05, 0) is 58.2 Å². The van der Waals surface area contributed by atoms with E-state index in [2.05, 4.69) is 21.3 Å². The molecule has 9 heteroatoms. The highest BCUT2D eigenvalue weighted by Crippen LogP contribution is 2.56. The van der Waals surface area contributed by atoms with Crippen molar-refractivity contribution in [1.29, 1.82) is 0 Å². The molecule has 0 radical (unpaired) electrons. The molecule has 4 N–H and O–H groups in total. The Kier molecular flexibility index (Phi) is 7.12. The molecule has 3 aromatic rings. The summed E-state index contributed by atoms with van der Waals surface area (Å²) in [6, 6.07) is 18.0. The van der Waals surface area contributed by atoms with Crippen LogP contribution in [-0.2, 0) is 19.9 Å². The van der Waals surface area contributed by atoms with Gasteiger partial charge in [0.05, 0.1) is 30.9 Å². The van der Waals surface area contributed by atoms with E-state index in [4.69, 9.17) is 9.47 Å². The monoisotopic (exact) mass is 528 g/mol. The molecule has 0 aliphatic carbocycles. The summed E-state index contributed by atoms with van der Waals surface area (Å²) in [6.45, 7) is 5.70. The number of hydrogen-bond acceptors (Lipinski definition) is 9. The van der Waals surface area contributed by atoms with Gasteiger partial charge in [0, 0.05) is 40.2 Å². The third-order valence-electron chi connectivity index (χ3n) is 7.41. The van der Waals surface area contributed by atoms with E-state index in [-0.39, 0.29) is 30.2 Å². The topological polar surface area (TPSA) is 118 Å². The van der Waals surface area contributed by atoms with Gasteiger partial charge < -0.3 is 25.4 Å². The van der Waals surface area contributed by atoms with Crippen LogP contribution in [0, 0.1) is 0 Å². The predicted molar refractivity (Wildman–Crippen MR) is 148 cm³/mol. The molecular formula is C30H32N4O5. The normalized spacial score (nSPS) is 18.2. The lowest BCUT2D eigenvalue weighted by Crippen LogP contribution is -2.36. The van der Waals surface area contributed by atoms with Crippen LogP contribution in [0.3, 0.4) is 0 Å². The second kappa shape index (κ2) is 10.5. The van der Waals surface area contributed by atoms with E-state index in [0.29, 0.717) is 40.5 Å². The molecule has 0 amide bonds. The molecule has 2 aliphatic heterocycles. The van der Waals surface area contributed by atoms with Crippen LogP contribution in [-0.4, -0.2) is 49.9 Å². The Morgan fingerprint density at radius 3 is 2.15 bits per heavy atom. The summed E-state index contributed by atoms with van der Waals surface area (Å²) in [4.78, 5) is 36.9. The van der Waals surface area contributed by atoms with Crippen LogP contribution in [0.15, 0.2) is 60.7 Å². The van der Waals surface area contributed by atoms with Crippen molar-refractivity contribution in [3.8, 4) is 11.5 Å². The fourth-order valence-electron chi connectivity index (χ4n) is 4.85. The van der Waals surface area contributed by atoms with Crippen molar-refractivity contribution in [3.63, 3.8) is 0 Å². The molecule has 39 heavy (non-hydrogen) atoms. The number of rotatable bonds is 10. The number of ketones is 2. The van der Waals surface area contributed by atoms with Crippen molar-refractivity contribution >= 4 is 28.9 Å². The van der Waals surface area contributed by atoms with Gasteiger partial charge in [-0.2, -0.15) is 0 Å². The number of likely N-dealkylation sites (N-methyl/N-ethyl adjacent to an activating group) is 1. The summed E-state index contributed by atoms with van der Waals surface area (Å²) in [5, 5.41) is 12.5. The minimum Gasteiger partial charge on any atom is -0.456 e. The molecule has 1 spiro atoms. The van der Waals surface area contributed by atoms with E-state index in [1.165, 1.54) is 0 Å². The summed E-state index contributed by atoms with van der Waals surface area (Å²) in [5.41, 5.74) is 2.97. The highest BCUT2D eigenvalue weighted by Gasteiger charge is 2.53. The summed E-state index contributed by atoms with van der Waals surface area (Å²) >= 11 is 0. The molecule has 0 saturated heterocycles. The minimum absolute atomic E-state index is 0.0278. The molecule has 202 valence electrons. The molecule has 0 fully saturated rings. The fraction of sp³-hybridized carbons (Fsp3) is 0.300. The van der Waals surface area contributed by atoms with E-state index in [1.807, 2.05) is 68.4 Å². The number of nitrogens with one attached hydrogen (secondary N) is 4. The van der Waals surface area contributed by atoms with Crippen molar-refractivity contribution in [3.05, 3.63) is 82.9 Å². The van der Waals surface area contributed by atoms with Crippen molar-refractivity contribution in [1.82, 2.24) is 10.6 Å². The van der Waals surface area contributed by atoms with E-state index in [1.54, 1.807) is 20.0 Å². The number of anilines is 2. The van der Waals surface area contributed by atoms with Gasteiger partial charge in [0.1, 0.15) is 17.3 Å². The Bertz CT molecular complexity index is 1460. The van der Waals surface area contributed by atoms with Crippen LogP contribution in [0.4, 0.5) is 11.4 Å². The fourth-order valence-corrected chi connectivity index (χ4v) is 4.85. The molecule has 5 rings (SSSR count). The summed E-state index contributed by atoms with van der Waals surface area (Å²) in [5.74, 6) is 0.737. The Labute approximate surface area is 227 Å². The van der Waals surface area contributed by atoms with E-state index in [9.17, 15) is 14.4 Å². The van der Waals surface area contributed by atoms with Gasteiger partial charge in [-0.3, -0.25) is 14.9 Å². The molecule has 0 aromatic heterocycles. The van der Waals surface area contributed by atoms with Crippen LogP contribution in [0.2, 0.25) is 0 Å². The number of carbonyl (C=O) groups excluding carboxylic acids is 3. The number of hydrogen-bond donors (Lipinski definition) is 4. The average molecular weight is 529 g/mol. The van der Waals surface area contributed by atoms with E-state index >= 15 is 0 Å². The summed E-state index contributed by atoms with van der Waals surface area (Å²) in [6.07, 6.45) is 0. The quantitative estimate of drug-likeness (QED) is 0.230.